The molecule has 0 aliphatic carbocycles. The molecule has 0 spiro atoms. The van der Waals surface area contributed by atoms with Crippen molar-refractivity contribution in [1.29, 1.82) is 0 Å². The van der Waals surface area contributed by atoms with Gasteiger partial charge in [-0.1, -0.05) is 0 Å². The summed E-state index contributed by atoms with van der Waals surface area (Å²) in [7, 11) is 1.57. The van der Waals surface area contributed by atoms with Crippen LogP contribution in [0, 0.1) is 0 Å². The Morgan fingerprint density at radius 2 is 1.83 bits per heavy atom. The summed E-state index contributed by atoms with van der Waals surface area (Å²) in [5.41, 5.74) is 1.00. The van der Waals surface area contributed by atoms with Crippen molar-refractivity contribution >= 4 is 17.5 Å². The van der Waals surface area contributed by atoms with E-state index in [1.165, 1.54) is 15.9 Å². The number of imide groups is 1. The summed E-state index contributed by atoms with van der Waals surface area (Å²) in [5, 5.41) is 9.01. The van der Waals surface area contributed by atoms with Crippen LogP contribution < -0.4 is 14.5 Å². The minimum Gasteiger partial charge on any atom is -0.497 e. The highest BCUT2D eigenvalue weighted by Gasteiger charge is 2.36. The van der Waals surface area contributed by atoms with Gasteiger partial charge in [-0.25, -0.2) is 4.90 Å². The lowest BCUT2D eigenvalue weighted by Crippen LogP contribution is -3.15. The van der Waals surface area contributed by atoms with Gasteiger partial charge in [0, 0.05) is 6.08 Å². The standard InChI is InChI=1S/C17H21N3O4/c1-24-14-4-2-13(3-5-14)20-16(22)12-15(17(20)23)19-8-6-18(7-9-19)10-11-21/h2-5,12,21H,6-11H2,1H3/p+1. The van der Waals surface area contributed by atoms with Crippen LogP contribution in [0.3, 0.4) is 0 Å². The zero-order valence-corrected chi connectivity index (χ0v) is 13.7. The largest absolute Gasteiger partial charge is 0.497 e. The summed E-state index contributed by atoms with van der Waals surface area (Å²) in [6, 6.07) is 6.86. The number of aliphatic hydroxyl groups is 1. The molecule has 2 amide bonds. The summed E-state index contributed by atoms with van der Waals surface area (Å²) >= 11 is 0. The lowest BCUT2D eigenvalue weighted by Gasteiger charge is -2.33. The maximum Gasteiger partial charge on any atom is 0.281 e. The first kappa shape index (κ1) is 16.5. The van der Waals surface area contributed by atoms with Gasteiger partial charge < -0.3 is 19.6 Å². The highest BCUT2D eigenvalue weighted by Crippen LogP contribution is 2.26. The molecule has 2 heterocycles. The van der Waals surface area contributed by atoms with Gasteiger partial charge in [-0.2, -0.15) is 0 Å². The number of nitrogens with one attached hydrogen (secondary N) is 1. The van der Waals surface area contributed by atoms with Gasteiger partial charge in [-0.15, -0.1) is 0 Å². The molecule has 0 radical (unpaired) electrons. The molecule has 0 unspecified atom stereocenters. The zero-order chi connectivity index (χ0) is 17.1. The number of quaternary nitrogens is 1. The number of rotatable bonds is 5. The molecule has 7 nitrogen and oxygen atoms in total. The Labute approximate surface area is 140 Å². The van der Waals surface area contributed by atoms with Crippen LogP contribution in [0.5, 0.6) is 5.75 Å². The van der Waals surface area contributed by atoms with Gasteiger partial charge in [-0.05, 0) is 24.3 Å². The van der Waals surface area contributed by atoms with Crippen molar-refractivity contribution < 1.29 is 24.3 Å². The molecular weight excluding hydrogens is 310 g/mol. The maximum atomic E-state index is 12.7. The number of methoxy groups -OCH3 is 1. The molecule has 3 rings (SSSR count). The van der Waals surface area contributed by atoms with Crippen LogP contribution in [0.25, 0.3) is 0 Å². The number of hydrogen-bond acceptors (Lipinski definition) is 5. The van der Waals surface area contributed by atoms with Crippen LogP contribution in [-0.4, -0.2) is 68.3 Å². The average molecular weight is 332 g/mol. The second-order valence-electron chi connectivity index (χ2n) is 5.92. The number of aliphatic hydroxyl groups excluding tert-OH is 1. The van der Waals surface area contributed by atoms with Crippen molar-refractivity contribution in [2.45, 2.75) is 0 Å². The average Bonchev–Trinajstić information content (AvgIpc) is 2.90. The number of anilines is 1. The fourth-order valence-corrected chi connectivity index (χ4v) is 3.13. The van der Waals surface area contributed by atoms with Crippen molar-refractivity contribution in [2.24, 2.45) is 0 Å². The van der Waals surface area contributed by atoms with E-state index >= 15 is 0 Å². The van der Waals surface area contributed by atoms with Gasteiger partial charge in [0.15, 0.2) is 0 Å². The fourth-order valence-electron chi connectivity index (χ4n) is 3.13. The van der Waals surface area contributed by atoms with Crippen LogP contribution in [-0.2, 0) is 9.59 Å². The third-order valence-electron chi connectivity index (χ3n) is 4.51. The van der Waals surface area contributed by atoms with E-state index in [2.05, 4.69) is 0 Å². The molecule has 0 saturated carbocycles. The minimum absolute atomic E-state index is 0.167. The summed E-state index contributed by atoms with van der Waals surface area (Å²) in [5.74, 6) is 0.0788. The van der Waals surface area contributed by atoms with E-state index in [1.54, 1.807) is 31.4 Å². The molecule has 0 aromatic heterocycles. The molecule has 0 atom stereocenters. The third-order valence-corrected chi connectivity index (χ3v) is 4.51. The fraction of sp³-hybridized carbons (Fsp3) is 0.412. The van der Waals surface area contributed by atoms with Gasteiger partial charge >= 0.3 is 0 Å². The van der Waals surface area contributed by atoms with E-state index in [0.29, 0.717) is 30.2 Å². The monoisotopic (exact) mass is 332 g/mol. The van der Waals surface area contributed by atoms with E-state index in [0.717, 1.165) is 19.6 Å². The van der Waals surface area contributed by atoms with E-state index in [4.69, 9.17) is 9.84 Å². The second-order valence-corrected chi connectivity index (χ2v) is 5.92. The normalized spacial score (nSPS) is 19.0. The van der Waals surface area contributed by atoms with E-state index in [-0.39, 0.29) is 18.4 Å². The SMILES string of the molecule is COc1ccc(N2C(=O)C=C(N3CC[NH+](CCO)CC3)C2=O)cc1. The first-order chi connectivity index (χ1) is 11.6. The molecule has 1 aromatic rings. The molecule has 128 valence electrons. The number of ether oxygens (including phenoxy) is 1. The number of carbonyl (C=O) groups is 2. The van der Waals surface area contributed by atoms with Gasteiger partial charge in [0.1, 0.15) is 18.0 Å². The van der Waals surface area contributed by atoms with Crippen LogP contribution in [0.2, 0.25) is 0 Å². The molecule has 24 heavy (non-hydrogen) atoms. The van der Waals surface area contributed by atoms with Gasteiger partial charge in [-0.3, -0.25) is 9.59 Å². The predicted octanol–water partition coefficient (Wildman–Crippen LogP) is -1.35. The molecule has 1 fully saturated rings. The van der Waals surface area contributed by atoms with Crippen molar-refractivity contribution in [2.75, 3.05) is 51.3 Å². The topological polar surface area (TPSA) is 74.5 Å². The summed E-state index contributed by atoms with van der Waals surface area (Å²) in [6.45, 7) is 4.00. The van der Waals surface area contributed by atoms with Crippen LogP contribution in [0.4, 0.5) is 5.69 Å². The van der Waals surface area contributed by atoms with Gasteiger partial charge in [0.2, 0.25) is 0 Å². The number of benzene rings is 1. The van der Waals surface area contributed by atoms with Gasteiger partial charge in [0.25, 0.3) is 11.8 Å². The first-order valence-electron chi connectivity index (χ1n) is 8.07. The van der Waals surface area contributed by atoms with Gasteiger partial charge in [0.05, 0.1) is 45.6 Å². The summed E-state index contributed by atoms with van der Waals surface area (Å²) in [6.07, 6.45) is 1.42. The summed E-state index contributed by atoms with van der Waals surface area (Å²) < 4.78 is 5.10. The second kappa shape index (κ2) is 7.02. The molecule has 7 heteroatoms. The Morgan fingerprint density at radius 3 is 2.42 bits per heavy atom. The number of amides is 2. The van der Waals surface area contributed by atoms with Crippen molar-refractivity contribution in [1.82, 2.24) is 4.90 Å². The third kappa shape index (κ3) is 3.13. The predicted molar refractivity (Wildman–Crippen MR) is 87.8 cm³/mol. The highest BCUT2D eigenvalue weighted by molar-refractivity contribution is 6.30. The van der Waals surface area contributed by atoms with Crippen LogP contribution in [0.15, 0.2) is 36.0 Å². The minimum atomic E-state index is -0.315. The molecule has 2 N–H and O–H groups in total. The van der Waals surface area contributed by atoms with Crippen molar-refractivity contribution in [3.05, 3.63) is 36.0 Å². The smallest absolute Gasteiger partial charge is 0.281 e. The molecule has 2 aliphatic heterocycles. The molecule has 1 aromatic carbocycles. The highest BCUT2D eigenvalue weighted by atomic mass is 16.5. The number of hydrogen-bond donors (Lipinski definition) is 2. The molecular formula is C17H22N3O4+. The van der Waals surface area contributed by atoms with Crippen LogP contribution >= 0.6 is 0 Å². The first-order valence-corrected chi connectivity index (χ1v) is 8.07. The molecule has 0 bridgehead atoms. The van der Waals surface area contributed by atoms with Crippen molar-refractivity contribution in [3.63, 3.8) is 0 Å². The number of nitrogens with zero attached hydrogens (tertiary/aromatic N) is 2. The van der Waals surface area contributed by atoms with Crippen LogP contribution in [0.1, 0.15) is 0 Å². The Hall–Kier alpha value is -2.38. The molecule has 1 saturated heterocycles. The maximum absolute atomic E-state index is 12.7. The van der Waals surface area contributed by atoms with E-state index in [9.17, 15) is 9.59 Å². The summed E-state index contributed by atoms with van der Waals surface area (Å²) in [4.78, 5) is 29.5. The zero-order valence-electron chi connectivity index (χ0n) is 13.7. The Balaban J connectivity index is 1.70. The lowest BCUT2D eigenvalue weighted by molar-refractivity contribution is -0.904. The number of piperazine rings is 1. The van der Waals surface area contributed by atoms with Crippen molar-refractivity contribution in [3.8, 4) is 5.75 Å². The Kier molecular flexibility index (Phi) is 4.82. The Bertz CT molecular complexity index is 648. The quantitative estimate of drug-likeness (QED) is 0.652. The Morgan fingerprint density at radius 1 is 1.17 bits per heavy atom. The lowest BCUT2D eigenvalue weighted by atomic mass is 10.2. The number of carbonyl (C=O) groups excluding carboxylic acids is 2. The van der Waals surface area contributed by atoms with E-state index in [1.807, 2.05) is 4.90 Å². The molecule has 2 aliphatic rings. The van der Waals surface area contributed by atoms with E-state index < -0.39 is 0 Å².